The summed E-state index contributed by atoms with van der Waals surface area (Å²) >= 11 is 0. The second-order valence-corrected chi connectivity index (χ2v) is 2.38. The average molecular weight is 147 g/mol. The minimum Gasteiger partial charge on any atom is -0.412 e. The van der Waals surface area contributed by atoms with Crippen LogP contribution in [-0.2, 0) is 0 Å². The molecule has 0 bridgehead atoms. The van der Waals surface area contributed by atoms with Crippen LogP contribution in [0, 0.1) is 0 Å². The van der Waals surface area contributed by atoms with E-state index in [0.717, 1.165) is 39.3 Å². The van der Waals surface area contributed by atoms with Crippen LogP contribution in [-0.4, -0.2) is 49.6 Å². The molecular formula is C6H17N3O. The number of nitrogens with two attached hydrogens (primary N) is 1. The Morgan fingerprint density at radius 3 is 2.40 bits per heavy atom. The standard InChI is InChI=1S/C6H15N3.H2O/c7-1-4-9-5-2-8-3-6-9;/h8H,1-7H2;1H2. The van der Waals surface area contributed by atoms with Gasteiger partial charge in [-0.15, -0.1) is 0 Å². The molecule has 10 heavy (non-hydrogen) atoms. The topological polar surface area (TPSA) is 72.8 Å². The Labute approximate surface area is 61.7 Å². The molecule has 62 valence electrons. The molecule has 1 aliphatic heterocycles. The van der Waals surface area contributed by atoms with Gasteiger partial charge < -0.3 is 16.5 Å². The van der Waals surface area contributed by atoms with Gasteiger partial charge in [0.1, 0.15) is 0 Å². The quantitative estimate of drug-likeness (QED) is 0.475. The molecule has 0 aromatic rings. The van der Waals surface area contributed by atoms with E-state index in [0.29, 0.717) is 0 Å². The summed E-state index contributed by atoms with van der Waals surface area (Å²) in [5.41, 5.74) is 5.40. The minimum absolute atomic E-state index is 0. The zero-order valence-electron chi connectivity index (χ0n) is 6.27. The van der Waals surface area contributed by atoms with Crippen molar-refractivity contribution in [3.05, 3.63) is 0 Å². The van der Waals surface area contributed by atoms with Crippen LogP contribution in [0.1, 0.15) is 0 Å². The Hall–Kier alpha value is -0.160. The third kappa shape index (κ3) is 3.12. The van der Waals surface area contributed by atoms with E-state index >= 15 is 0 Å². The van der Waals surface area contributed by atoms with Crippen molar-refractivity contribution in [2.24, 2.45) is 5.73 Å². The summed E-state index contributed by atoms with van der Waals surface area (Å²) in [6.45, 7) is 6.43. The lowest BCUT2D eigenvalue weighted by Crippen LogP contribution is -2.45. The first kappa shape index (κ1) is 9.84. The molecule has 0 aromatic heterocycles. The number of piperazine rings is 1. The molecule has 0 aromatic carbocycles. The zero-order valence-corrected chi connectivity index (χ0v) is 6.27. The Bertz CT molecular complexity index is 70.6. The number of rotatable bonds is 2. The van der Waals surface area contributed by atoms with Crippen molar-refractivity contribution in [1.82, 2.24) is 10.2 Å². The third-order valence-corrected chi connectivity index (χ3v) is 1.65. The van der Waals surface area contributed by atoms with Crippen LogP contribution in [0.25, 0.3) is 0 Å². The molecule has 4 nitrogen and oxygen atoms in total. The summed E-state index contributed by atoms with van der Waals surface area (Å²) in [6.07, 6.45) is 0. The summed E-state index contributed by atoms with van der Waals surface area (Å²) in [7, 11) is 0. The number of nitrogens with one attached hydrogen (secondary N) is 1. The van der Waals surface area contributed by atoms with E-state index in [9.17, 15) is 0 Å². The molecule has 0 radical (unpaired) electrons. The highest BCUT2D eigenvalue weighted by Gasteiger charge is 2.06. The first-order chi connectivity index (χ1) is 4.43. The van der Waals surface area contributed by atoms with Gasteiger partial charge >= 0.3 is 0 Å². The second kappa shape index (κ2) is 5.61. The average Bonchev–Trinajstić information content (AvgIpc) is 1.91. The molecular weight excluding hydrogens is 130 g/mol. The van der Waals surface area contributed by atoms with Crippen molar-refractivity contribution in [2.45, 2.75) is 0 Å². The summed E-state index contributed by atoms with van der Waals surface area (Å²) in [5.74, 6) is 0. The Balaban J connectivity index is 0.000000810. The van der Waals surface area contributed by atoms with Crippen LogP contribution in [0.15, 0.2) is 0 Å². The molecule has 0 spiro atoms. The van der Waals surface area contributed by atoms with E-state index in [1.54, 1.807) is 0 Å². The first-order valence-corrected chi connectivity index (χ1v) is 3.56. The van der Waals surface area contributed by atoms with E-state index in [4.69, 9.17) is 5.73 Å². The van der Waals surface area contributed by atoms with Crippen LogP contribution in [0.4, 0.5) is 0 Å². The van der Waals surface area contributed by atoms with E-state index in [1.807, 2.05) is 0 Å². The maximum atomic E-state index is 5.40. The highest BCUT2D eigenvalue weighted by Crippen LogP contribution is 1.88. The highest BCUT2D eigenvalue weighted by molar-refractivity contribution is 4.66. The fourth-order valence-corrected chi connectivity index (χ4v) is 1.12. The molecule has 1 heterocycles. The van der Waals surface area contributed by atoms with Gasteiger partial charge in [-0.25, -0.2) is 0 Å². The molecule has 1 aliphatic rings. The normalized spacial score (nSPS) is 20.1. The fourth-order valence-electron chi connectivity index (χ4n) is 1.12. The van der Waals surface area contributed by atoms with Crippen molar-refractivity contribution in [3.63, 3.8) is 0 Å². The van der Waals surface area contributed by atoms with Gasteiger partial charge in [-0.2, -0.15) is 0 Å². The Kier molecular flexibility index (Phi) is 5.52. The van der Waals surface area contributed by atoms with E-state index in [1.165, 1.54) is 0 Å². The predicted molar refractivity (Wildman–Crippen MR) is 42.0 cm³/mol. The number of nitrogens with zero attached hydrogens (tertiary/aromatic N) is 1. The maximum absolute atomic E-state index is 5.40. The highest BCUT2D eigenvalue weighted by atomic mass is 16.0. The van der Waals surface area contributed by atoms with Gasteiger partial charge in [0.2, 0.25) is 0 Å². The molecule has 1 saturated heterocycles. The van der Waals surface area contributed by atoms with Crippen LogP contribution in [0.2, 0.25) is 0 Å². The van der Waals surface area contributed by atoms with Crippen molar-refractivity contribution in [2.75, 3.05) is 39.3 Å². The largest absolute Gasteiger partial charge is 0.412 e. The molecule has 4 heteroatoms. The molecule has 1 fully saturated rings. The van der Waals surface area contributed by atoms with Crippen LogP contribution in [0.3, 0.4) is 0 Å². The first-order valence-electron chi connectivity index (χ1n) is 3.56. The van der Waals surface area contributed by atoms with Gasteiger partial charge in [-0.05, 0) is 0 Å². The van der Waals surface area contributed by atoms with Crippen LogP contribution >= 0.6 is 0 Å². The van der Waals surface area contributed by atoms with Gasteiger partial charge in [-0.1, -0.05) is 0 Å². The zero-order chi connectivity index (χ0) is 6.53. The molecule has 0 saturated carbocycles. The van der Waals surface area contributed by atoms with Gasteiger partial charge in [0.25, 0.3) is 0 Å². The minimum atomic E-state index is 0. The number of hydrogen-bond acceptors (Lipinski definition) is 3. The third-order valence-electron chi connectivity index (χ3n) is 1.65. The number of hydrogen-bond donors (Lipinski definition) is 2. The van der Waals surface area contributed by atoms with Crippen LogP contribution < -0.4 is 11.1 Å². The molecule has 0 aliphatic carbocycles. The van der Waals surface area contributed by atoms with E-state index in [-0.39, 0.29) is 5.48 Å². The molecule has 0 amide bonds. The lowest BCUT2D eigenvalue weighted by atomic mass is 10.3. The predicted octanol–water partition coefficient (Wildman–Crippen LogP) is -1.97. The summed E-state index contributed by atoms with van der Waals surface area (Å²) < 4.78 is 0. The lowest BCUT2D eigenvalue weighted by Gasteiger charge is -2.26. The van der Waals surface area contributed by atoms with Gasteiger partial charge in [0.05, 0.1) is 0 Å². The van der Waals surface area contributed by atoms with Crippen LogP contribution in [0.5, 0.6) is 0 Å². The van der Waals surface area contributed by atoms with E-state index < -0.39 is 0 Å². The smallest absolute Gasteiger partial charge is 0.0108 e. The van der Waals surface area contributed by atoms with Gasteiger partial charge in [-0.3, -0.25) is 4.90 Å². The van der Waals surface area contributed by atoms with Crippen molar-refractivity contribution in [1.29, 1.82) is 0 Å². The lowest BCUT2D eigenvalue weighted by molar-refractivity contribution is 0.247. The van der Waals surface area contributed by atoms with Crippen molar-refractivity contribution in [3.8, 4) is 0 Å². The summed E-state index contributed by atoms with van der Waals surface area (Å²) in [5, 5.41) is 3.29. The van der Waals surface area contributed by atoms with Crippen molar-refractivity contribution >= 4 is 0 Å². The Morgan fingerprint density at radius 2 is 1.90 bits per heavy atom. The Morgan fingerprint density at radius 1 is 1.30 bits per heavy atom. The van der Waals surface area contributed by atoms with Gasteiger partial charge in [0, 0.05) is 39.3 Å². The molecule has 0 atom stereocenters. The monoisotopic (exact) mass is 147 g/mol. The van der Waals surface area contributed by atoms with Crippen molar-refractivity contribution < 1.29 is 5.48 Å². The summed E-state index contributed by atoms with van der Waals surface area (Å²) in [6, 6.07) is 0. The fraction of sp³-hybridized carbons (Fsp3) is 1.00. The van der Waals surface area contributed by atoms with Gasteiger partial charge in [0.15, 0.2) is 0 Å². The second-order valence-electron chi connectivity index (χ2n) is 2.38. The summed E-state index contributed by atoms with van der Waals surface area (Å²) in [4.78, 5) is 2.39. The molecule has 1 rings (SSSR count). The SMILES string of the molecule is NCCN1CCNCC1.O. The molecule has 0 unspecified atom stereocenters. The molecule has 5 N–H and O–H groups in total. The maximum Gasteiger partial charge on any atom is 0.0108 e. The van der Waals surface area contributed by atoms with E-state index in [2.05, 4.69) is 10.2 Å².